The zero-order valence-corrected chi connectivity index (χ0v) is 20.7. The number of rotatable bonds is 8. The van der Waals surface area contributed by atoms with Crippen LogP contribution in [0.15, 0.2) is 34.4 Å². The van der Waals surface area contributed by atoms with Gasteiger partial charge in [-0.2, -0.15) is 0 Å². The van der Waals surface area contributed by atoms with E-state index in [4.69, 9.17) is 5.73 Å². The molecular formula is C21H33IN6S. The lowest BCUT2D eigenvalue weighted by Crippen LogP contribution is -2.23. The fraction of sp³-hybridized carbons (Fsp3) is 0.571. The van der Waals surface area contributed by atoms with Crippen LogP contribution >= 0.6 is 35.7 Å². The van der Waals surface area contributed by atoms with Crippen molar-refractivity contribution in [3.05, 3.63) is 35.7 Å². The van der Waals surface area contributed by atoms with Crippen LogP contribution < -0.4 is 11.1 Å². The van der Waals surface area contributed by atoms with Gasteiger partial charge in [-0.15, -0.1) is 34.2 Å². The fourth-order valence-electron chi connectivity index (χ4n) is 3.75. The molecule has 3 rings (SSSR count). The number of aryl methyl sites for hydroxylation is 1. The minimum Gasteiger partial charge on any atom is -0.370 e. The van der Waals surface area contributed by atoms with Crippen molar-refractivity contribution in [1.82, 2.24) is 14.8 Å². The maximum atomic E-state index is 6.07. The van der Waals surface area contributed by atoms with Crippen molar-refractivity contribution in [3.63, 3.8) is 0 Å². The summed E-state index contributed by atoms with van der Waals surface area (Å²) in [7, 11) is 0. The van der Waals surface area contributed by atoms with Gasteiger partial charge < -0.3 is 15.6 Å². The summed E-state index contributed by atoms with van der Waals surface area (Å²) in [5.41, 5.74) is 8.34. The molecule has 0 unspecified atom stereocenters. The van der Waals surface area contributed by atoms with Gasteiger partial charge >= 0.3 is 0 Å². The molecule has 1 fully saturated rings. The third-order valence-corrected chi connectivity index (χ3v) is 5.92. The van der Waals surface area contributed by atoms with Gasteiger partial charge in [0.2, 0.25) is 0 Å². The van der Waals surface area contributed by atoms with E-state index in [0.717, 1.165) is 29.5 Å². The number of aromatic nitrogens is 3. The summed E-state index contributed by atoms with van der Waals surface area (Å²) in [5.74, 6) is 2.04. The first-order valence-electron chi connectivity index (χ1n) is 10.2. The average Bonchev–Trinajstić information content (AvgIpc) is 3.34. The predicted octanol–water partition coefficient (Wildman–Crippen LogP) is 5.22. The molecule has 6 nitrogen and oxygen atoms in total. The van der Waals surface area contributed by atoms with E-state index in [0.29, 0.717) is 24.5 Å². The highest BCUT2D eigenvalue weighted by Gasteiger charge is 2.23. The van der Waals surface area contributed by atoms with Gasteiger partial charge in [-0.05, 0) is 49.1 Å². The number of nitrogens with two attached hydrogens (primary N) is 1. The first kappa shape index (κ1) is 24.0. The quantitative estimate of drug-likeness (QED) is 0.162. The molecule has 1 heterocycles. The number of anilines is 1. The summed E-state index contributed by atoms with van der Waals surface area (Å²) in [6.45, 7) is 5.04. The lowest BCUT2D eigenvalue weighted by atomic mass is 10.0. The molecule has 0 bridgehead atoms. The fourth-order valence-corrected chi connectivity index (χ4v) is 4.32. The summed E-state index contributed by atoms with van der Waals surface area (Å²) in [6, 6.07) is 8.89. The molecular weight excluding hydrogens is 495 g/mol. The third kappa shape index (κ3) is 6.60. The third-order valence-electron chi connectivity index (χ3n) is 5.27. The van der Waals surface area contributed by atoms with Crippen LogP contribution in [0.1, 0.15) is 69.3 Å². The second-order valence-electron chi connectivity index (χ2n) is 7.69. The monoisotopic (exact) mass is 528 g/mol. The average molecular weight is 529 g/mol. The highest BCUT2D eigenvalue weighted by Crippen LogP contribution is 2.33. The molecule has 0 amide bonds. The van der Waals surface area contributed by atoms with Crippen molar-refractivity contribution >= 4 is 47.4 Å². The lowest BCUT2D eigenvalue weighted by molar-refractivity contribution is 0.461. The molecule has 1 saturated carbocycles. The van der Waals surface area contributed by atoms with Crippen molar-refractivity contribution in [2.24, 2.45) is 10.7 Å². The van der Waals surface area contributed by atoms with Crippen molar-refractivity contribution in [2.45, 2.75) is 69.5 Å². The molecule has 29 heavy (non-hydrogen) atoms. The molecule has 1 aliphatic rings. The van der Waals surface area contributed by atoms with Crippen LogP contribution in [-0.2, 0) is 6.42 Å². The van der Waals surface area contributed by atoms with E-state index in [1.807, 2.05) is 12.1 Å². The number of halogens is 1. The minimum atomic E-state index is 0. The highest BCUT2D eigenvalue weighted by molar-refractivity contribution is 14.0. The standard InChI is InChI=1S/C21H32N6S.HI/c1-15(2)16-8-6-9-17(14-16)24-20(22)23-13-7-12-19-25-26-21(28-3)27(19)18-10-4-5-11-18;/h6,8-9,14-15,18H,4-5,7,10-13H2,1-3H3,(H3,22,23,24);1H. The van der Waals surface area contributed by atoms with Gasteiger partial charge in [-0.25, -0.2) is 0 Å². The molecule has 1 aromatic carbocycles. The Morgan fingerprint density at radius 1 is 1.31 bits per heavy atom. The van der Waals surface area contributed by atoms with Crippen molar-refractivity contribution in [3.8, 4) is 0 Å². The zero-order valence-electron chi connectivity index (χ0n) is 17.6. The molecule has 8 heteroatoms. The Bertz CT molecular complexity index is 798. The van der Waals surface area contributed by atoms with Crippen LogP contribution in [0.4, 0.5) is 5.69 Å². The topological polar surface area (TPSA) is 81.1 Å². The molecule has 1 aromatic heterocycles. The van der Waals surface area contributed by atoms with Crippen LogP contribution in [0.5, 0.6) is 0 Å². The Morgan fingerprint density at radius 3 is 2.76 bits per heavy atom. The molecule has 0 radical (unpaired) electrons. The molecule has 0 spiro atoms. The van der Waals surface area contributed by atoms with E-state index < -0.39 is 0 Å². The first-order chi connectivity index (χ1) is 13.6. The first-order valence-corrected chi connectivity index (χ1v) is 11.5. The van der Waals surface area contributed by atoms with E-state index in [1.54, 1.807) is 11.8 Å². The van der Waals surface area contributed by atoms with Crippen LogP contribution in [0.25, 0.3) is 0 Å². The van der Waals surface area contributed by atoms with Gasteiger partial charge in [0.1, 0.15) is 5.82 Å². The second-order valence-corrected chi connectivity index (χ2v) is 8.46. The number of nitrogens with one attached hydrogen (secondary N) is 1. The second kappa shape index (κ2) is 11.8. The smallest absolute Gasteiger partial charge is 0.193 e. The van der Waals surface area contributed by atoms with E-state index in [9.17, 15) is 0 Å². The Kier molecular flexibility index (Phi) is 9.74. The van der Waals surface area contributed by atoms with E-state index >= 15 is 0 Å². The van der Waals surface area contributed by atoms with Crippen LogP contribution in [0.3, 0.4) is 0 Å². The van der Waals surface area contributed by atoms with Gasteiger partial charge in [0, 0.05) is 24.7 Å². The molecule has 0 atom stereocenters. The number of nitrogens with zero attached hydrogens (tertiary/aromatic N) is 4. The van der Waals surface area contributed by atoms with Gasteiger partial charge in [0.25, 0.3) is 0 Å². The van der Waals surface area contributed by atoms with Gasteiger partial charge in [0.05, 0.1) is 0 Å². The van der Waals surface area contributed by atoms with Crippen molar-refractivity contribution < 1.29 is 0 Å². The largest absolute Gasteiger partial charge is 0.370 e. The highest BCUT2D eigenvalue weighted by atomic mass is 127. The summed E-state index contributed by atoms with van der Waals surface area (Å²) in [5, 5.41) is 13.0. The number of thioether (sulfide) groups is 1. The van der Waals surface area contributed by atoms with Gasteiger partial charge in [-0.1, -0.05) is 50.6 Å². The number of guanidine groups is 1. The summed E-state index contributed by atoms with van der Waals surface area (Å²) < 4.78 is 2.36. The lowest BCUT2D eigenvalue weighted by Gasteiger charge is -2.16. The molecule has 2 aromatic rings. The number of benzene rings is 1. The minimum absolute atomic E-state index is 0. The van der Waals surface area contributed by atoms with E-state index in [-0.39, 0.29) is 24.0 Å². The van der Waals surface area contributed by atoms with Gasteiger partial charge in [0.15, 0.2) is 11.1 Å². The summed E-state index contributed by atoms with van der Waals surface area (Å²) in [6.07, 6.45) is 8.95. The van der Waals surface area contributed by atoms with Crippen molar-refractivity contribution in [2.75, 3.05) is 18.1 Å². The number of hydrogen-bond donors (Lipinski definition) is 2. The SMILES string of the molecule is CSc1nnc(CCCN=C(N)Nc2cccc(C(C)C)c2)n1C1CCCC1.I. The Labute approximate surface area is 195 Å². The number of aliphatic imine (C=N–C) groups is 1. The maximum Gasteiger partial charge on any atom is 0.193 e. The molecule has 160 valence electrons. The van der Waals surface area contributed by atoms with Crippen LogP contribution in [0, 0.1) is 0 Å². The molecule has 0 saturated heterocycles. The maximum absolute atomic E-state index is 6.07. The predicted molar refractivity (Wildman–Crippen MR) is 134 cm³/mol. The molecule has 1 aliphatic carbocycles. The summed E-state index contributed by atoms with van der Waals surface area (Å²) >= 11 is 1.68. The Hall–Kier alpha value is -1.29. The van der Waals surface area contributed by atoms with Gasteiger partial charge in [-0.3, -0.25) is 4.99 Å². The van der Waals surface area contributed by atoms with Crippen LogP contribution in [0.2, 0.25) is 0 Å². The number of hydrogen-bond acceptors (Lipinski definition) is 4. The Balaban J connectivity index is 0.00000300. The van der Waals surface area contributed by atoms with E-state index in [1.165, 1.54) is 31.2 Å². The van der Waals surface area contributed by atoms with Crippen molar-refractivity contribution in [1.29, 1.82) is 0 Å². The Morgan fingerprint density at radius 2 is 2.07 bits per heavy atom. The molecule has 0 aliphatic heterocycles. The summed E-state index contributed by atoms with van der Waals surface area (Å²) in [4.78, 5) is 4.48. The molecule has 3 N–H and O–H groups in total. The zero-order chi connectivity index (χ0) is 19.9. The van der Waals surface area contributed by atoms with E-state index in [2.05, 4.69) is 57.3 Å². The van der Waals surface area contributed by atoms with Crippen LogP contribution in [-0.4, -0.2) is 33.5 Å². The normalized spacial score (nSPS) is 15.0.